The van der Waals surface area contributed by atoms with Crippen LogP contribution in [0.25, 0.3) is 0 Å². The smallest absolute Gasteiger partial charge is 0.0773 e. The van der Waals surface area contributed by atoms with Crippen LogP contribution < -0.4 is 17.3 Å². The third-order valence-corrected chi connectivity index (χ3v) is 2.94. The highest BCUT2D eigenvalue weighted by atomic mass is 35.5. The molecule has 0 unspecified atom stereocenters. The zero-order valence-electron chi connectivity index (χ0n) is 8.95. The number of nitrogens with one attached hydrogen (secondary N) is 1. The van der Waals surface area contributed by atoms with Crippen molar-refractivity contribution in [3.8, 4) is 0 Å². The van der Waals surface area contributed by atoms with Gasteiger partial charge in [0.15, 0.2) is 0 Å². The molecule has 0 aliphatic carbocycles. The molecule has 13 heavy (non-hydrogen) atoms. The Morgan fingerprint density at radius 3 is 2.15 bits per heavy atom. The number of likely N-dealkylation sites (tertiary alicyclic amines) is 1. The summed E-state index contributed by atoms with van der Waals surface area (Å²) in [6.07, 6.45) is 10.2. The highest BCUT2D eigenvalue weighted by Gasteiger charge is 2.13. The first-order valence-corrected chi connectivity index (χ1v) is 5.77. The number of hydrogen-bond acceptors (Lipinski definition) is 0. The van der Waals surface area contributed by atoms with Gasteiger partial charge in [-0.2, -0.15) is 0 Å². The Morgan fingerprint density at radius 1 is 0.923 bits per heavy atom. The molecule has 80 valence electrons. The topological polar surface area (TPSA) is 4.44 Å². The third kappa shape index (κ3) is 6.34. The Hall–Kier alpha value is 0.250. The second-order valence-electron chi connectivity index (χ2n) is 4.12. The van der Waals surface area contributed by atoms with Gasteiger partial charge in [-0.25, -0.2) is 0 Å². The molecule has 0 aromatic rings. The van der Waals surface area contributed by atoms with E-state index in [4.69, 9.17) is 0 Å². The maximum Gasteiger partial charge on any atom is 0.0773 e. The SMILES string of the molecule is CCCCCCC[NH+]1CCCC1.[Cl-]. The van der Waals surface area contributed by atoms with E-state index in [-0.39, 0.29) is 12.4 Å². The van der Waals surface area contributed by atoms with Gasteiger partial charge in [-0.05, 0) is 12.8 Å². The lowest BCUT2D eigenvalue weighted by Gasteiger charge is -2.10. The van der Waals surface area contributed by atoms with Gasteiger partial charge in [-0.1, -0.05) is 26.2 Å². The van der Waals surface area contributed by atoms with Crippen molar-refractivity contribution in [2.24, 2.45) is 0 Å². The van der Waals surface area contributed by atoms with Crippen molar-refractivity contribution in [1.82, 2.24) is 0 Å². The molecule has 1 fully saturated rings. The van der Waals surface area contributed by atoms with Gasteiger partial charge in [-0.3, -0.25) is 0 Å². The second kappa shape index (κ2) is 8.83. The molecular formula is C11H24ClN. The molecule has 0 amide bonds. The first kappa shape index (κ1) is 13.2. The van der Waals surface area contributed by atoms with E-state index in [1.807, 2.05) is 4.90 Å². The largest absolute Gasteiger partial charge is 1.00 e. The zero-order valence-corrected chi connectivity index (χ0v) is 9.70. The molecule has 0 bridgehead atoms. The van der Waals surface area contributed by atoms with E-state index in [2.05, 4.69) is 6.92 Å². The van der Waals surface area contributed by atoms with E-state index in [1.54, 1.807) is 0 Å². The zero-order chi connectivity index (χ0) is 8.65. The minimum atomic E-state index is 0. The van der Waals surface area contributed by atoms with E-state index in [1.165, 1.54) is 64.6 Å². The third-order valence-electron chi connectivity index (χ3n) is 2.94. The summed E-state index contributed by atoms with van der Waals surface area (Å²) in [5.41, 5.74) is 0. The summed E-state index contributed by atoms with van der Waals surface area (Å²) in [6.45, 7) is 6.64. The quantitative estimate of drug-likeness (QED) is 0.511. The van der Waals surface area contributed by atoms with Gasteiger partial charge < -0.3 is 17.3 Å². The maximum atomic E-state index is 2.28. The van der Waals surface area contributed by atoms with E-state index in [9.17, 15) is 0 Å². The van der Waals surface area contributed by atoms with Crippen LogP contribution in [0.15, 0.2) is 0 Å². The summed E-state index contributed by atoms with van der Waals surface area (Å²) >= 11 is 0. The van der Waals surface area contributed by atoms with Crippen LogP contribution in [0, 0.1) is 0 Å². The lowest BCUT2D eigenvalue weighted by atomic mass is 10.1. The van der Waals surface area contributed by atoms with Gasteiger partial charge in [-0.15, -0.1) is 0 Å². The first-order chi connectivity index (χ1) is 5.93. The molecule has 1 saturated heterocycles. The summed E-state index contributed by atoms with van der Waals surface area (Å²) in [5.74, 6) is 0. The molecule has 1 rings (SSSR count). The van der Waals surface area contributed by atoms with Crippen LogP contribution >= 0.6 is 0 Å². The molecule has 2 heteroatoms. The van der Waals surface area contributed by atoms with Crippen LogP contribution in [-0.2, 0) is 0 Å². The highest BCUT2D eigenvalue weighted by Crippen LogP contribution is 2.00. The first-order valence-electron chi connectivity index (χ1n) is 5.77. The molecule has 0 aromatic heterocycles. The van der Waals surface area contributed by atoms with Crippen LogP contribution in [0.2, 0.25) is 0 Å². The van der Waals surface area contributed by atoms with Crippen molar-refractivity contribution in [3.05, 3.63) is 0 Å². The van der Waals surface area contributed by atoms with Crippen molar-refractivity contribution in [2.45, 2.75) is 51.9 Å². The Kier molecular flexibility index (Phi) is 9.00. The summed E-state index contributed by atoms with van der Waals surface area (Å²) < 4.78 is 0. The molecule has 0 aromatic carbocycles. The minimum absolute atomic E-state index is 0. The van der Waals surface area contributed by atoms with E-state index < -0.39 is 0 Å². The monoisotopic (exact) mass is 205 g/mol. The lowest BCUT2D eigenvalue weighted by Crippen LogP contribution is -3.09. The van der Waals surface area contributed by atoms with Crippen LogP contribution in [0.1, 0.15) is 51.9 Å². The summed E-state index contributed by atoms with van der Waals surface area (Å²) in [5, 5.41) is 0. The lowest BCUT2D eigenvalue weighted by molar-refractivity contribution is -0.887. The molecule has 0 saturated carbocycles. The summed E-state index contributed by atoms with van der Waals surface area (Å²) in [6, 6.07) is 0. The van der Waals surface area contributed by atoms with Gasteiger partial charge in [0.25, 0.3) is 0 Å². The van der Waals surface area contributed by atoms with Gasteiger partial charge >= 0.3 is 0 Å². The fraction of sp³-hybridized carbons (Fsp3) is 1.00. The number of unbranched alkanes of at least 4 members (excludes halogenated alkanes) is 4. The van der Waals surface area contributed by atoms with Crippen LogP contribution in [-0.4, -0.2) is 19.6 Å². The van der Waals surface area contributed by atoms with Crippen LogP contribution in [0.4, 0.5) is 0 Å². The average molecular weight is 206 g/mol. The minimum Gasteiger partial charge on any atom is -1.00 e. The van der Waals surface area contributed by atoms with Crippen molar-refractivity contribution < 1.29 is 17.3 Å². The van der Waals surface area contributed by atoms with Gasteiger partial charge in [0.05, 0.1) is 19.6 Å². The average Bonchev–Trinajstić information content (AvgIpc) is 2.57. The Balaban J connectivity index is 0.00000144. The molecule has 1 heterocycles. The van der Waals surface area contributed by atoms with Crippen molar-refractivity contribution in [2.75, 3.05) is 19.6 Å². The van der Waals surface area contributed by atoms with E-state index in [0.29, 0.717) is 0 Å². The van der Waals surface area contributed by atoms with E-state index >= 15 is 0 Å². The Labute approximate surface area is 89.3 Å². The molecule has 1 nitrogen and oxygen atoms in total. The fourth-order valence-corrected chi connectivity index (χ4v) is 2.10. The van der Waals surface area contributed by atoms with Gasteiger partial charge in [0, 0.05) is 12.8 Å². The van der Waals surface area contributed by atoms with Crippen molar-refractivity contribution in [3.63, 3.8) is 0 Å². The second-order valence-corrected chi connectivity index (χ2v) is 4.12. The van der Waals surface area contributed by atoms with Crippen LogP contribution in [0.3, 0.4) is 0 Å². The molecule has 0 spiro atoms. The normalized spacial score (nSPS) is 17.3. The molecule has 1 aliphatic rings. The molecule has 0 atom stereocenters. The Bertz CT molecular complexity index is 100. The molecule has 1 N–H and O–H groups in total. The number of hydrogen-bond donors (Lipinski definition) is 1. The number of halogens is 1. The summed E-state index contributed by atoms with van der Waals surface area (Å²) in [7, 11) is 0. The number of rotatable bonds is 6. The standard InChI is InChI=1S/C11H23N.ClH/c1-2-3-4-5-6-9-12-10-7-8-11-12;/h2-11H2,1H3;1H. The predicted molar refractivity (Wildman–Crippen MR) is 53.6 cm³/mol. The molecule has 1 aliphatic heterocycles. The van der Waals surface area contributed by atoms with Crippen LogP contribution in [0.5, 0.6) is 0 Å². The summed E-state index contributed by atoms with van der Waals surface area (Å²) in [4.78, 5) is 1.87. The van der Waals surface area contributed by atoms with Crippen molar-refractivity contribution >= 4 is 0 Å². The molecular weight excluding hydrogens is 182 g/mol. The maximum absolute atomic E-state index is 2.28. The number of quaternary nitrogens is 1. The fourth-order valence-electron chi connectivity index (χ4n) is 2.10. The molecule has 0 radical (unpaired) electrons. The van der Waals surface area contributed by atoms with Gasteiger partial charge in [0.2, 0.25) is 0 Å². The highest BCUT2D eigenvalue weighted by molar-refractivity contribution is 4.46. The van der Waals surface area contributed by atoms with Crippen molar-refractivity contribution in [1.29, 1.82) is 0 Å². The predicted octanol–water partition coefficient (Wildman–Crippen LogP) is -1.36. The van der Waals surface area contributed by atoms with Gasteiger partial charge in [0.1, 0.15) is 0 Å². The van der Waals surface area contributed by atoms with E-state index in [0.717, 1.165) is 0 Å². The Morgan fingerprint density at radius 2 is 1.54 bits per heavy atom.